The predicted octanol–water partition coefficient (Wildman–Crippen LogP) is 3.57. The van der Waals surface area contributed by atoms with Gasteiger partial charge in [0.25, 0.3) is 0 Å². The highest BCUT2D eigenvalue weighted by Crippen LogP contribution is 2.32. The van der Waals surface area contributed by atoms with Gasteiger partial charge in [0, 0.05) is 12.6 Å². The maximum Gasteiger partial charge on any atom is 0.00914 e. The first-order chi connectivity index (χ1) is 10.4. The lowest BCUT2D eigenvalue weighted by molar-refractivity contribution is 0.183. The summed E-state index contributed by atoms with van der Waals surface area (Å²) in [5, 5.41) is 3.68. The Morgan fingerprint density at radius 3 is 2.76 bits per heavy atom. The molecule has 0 amide bonds. The van der Waals surface area contributed by atoms with Crippen molar-refractivity contribution in [3.63, 3.8) is 0 Å². The first kappa shape index (κ1) is 15.1. The van der Waals surface area contributed by atoms with E-state index < -0.39 is 0 Å². The van der Waals surface area contributed by atoms with Crippen molar-refractivity contribution in [2.75, 3.05) is 26.2 Å². The molecule has 21 heavy (non-hydrogen) atoms. The first-order valence-corrected chi connectivity index (χ1v) is 8.90. The summed E-state index contributed by atoms with van der Waals surface area (Å²) >= 11 is 0. The number of fused-ring (bicyclic) bond motifs is 1. The largest absolute Gasteiger partial charge is 0.314 e. The van der Waals surface area contributed by atoms with E-state index in [9.17, 15) is 0 Å². The fourth-order valence-electron chi connectivity index (χ4n) is 4.02. The highest BCUT2D eigenvalue weighted by atomic mass is 15.1. The molecule has 0 saturated carbocycles. The van der Waals surface area contributed by atoms with Gasteiger partial charge >= 0.3 is 0 Å². The third-order valence-electron chi connectivity index (χ3n) is 5.24. The normalized spacial score (nSPS) is 24.0. The van der Waals surface area contributed by atoms with Crippen LogP contribution in [0.3, 0.4) is 0 Å². The minimum atomic E-state index is 0.764. The Morgan fingerprint density at radius 1 is 1.14 bits per heavy atom. The Bertz CT molecular complexity index is 435. The summed E-state index contributed by atoms with van der Waals surface area (Å²) in [4.78, 5) is 2.71. The van der Waals surface area contributed by atoms with Gasteiger partial charge in [-0.05, 0) is 75.2 Å². The van der Waals surface area contributed by atoms with Crippen molar-refractivity contribution in [3.05, 3.63) is 35.4 Å². The molecule has 2 nitrogen and oxygen atoms in total. The summed E-state index contributed by atoms with van der Waals surface area (Å²) in [6, 6.07) is 9.89. The number of nitrogens with one attached hydrogen (secondary N) is 1. The molecule has 1 N–H and O–H groups in total. The molecule has 1 aliphatic heterocycles. The van der Waals surface area contributed by atoms with Crippen molar-refractivity contribution in [1.82, 2.24) is 10.2 Å². The summed E-state index contributed by atoms with van der Waals surface area (Å²) in [5.41, 5.74) is 3.24. The van der Waals surface area contributed by atoms with Gasteiger partial charge in [0.15, 0.2) is 0 Å². The zero-order valence-electron chi connectivity index (χ0n) is 13.5. The van der Waals surface area contributed by atoms with E-state index in [2.05, 4.69) is 41.4 Å². The Hall–Kier alpha value is -0.860. The maximum absolute atomic E-state index is 3.68. The van der Waals surface area contributed by atoms with Gasteiger partial charge in [0.1, 0.15) is 0 Å². The van der Waals surface area contributed by atoms with Crippen LogP contribution in [0.25, 0.3) is 0 Å². The minimum absolute atomic E-state index is 0.764. The van der Waals surface area contributed by atoms with Crippen molar-refractivity contribution in [3.8, 4) is 0 Å². The van der Waals surface area contributed by atoms with Crippen molar-refractivity contribution < 1.29 is 0 Å². The number of likely N-dealkylation sites (tertiary alicyclic amines) is 1. The van der Waals surface area contributed by atoms with E-state index in [0.717, 1.165) is 12.0 Å². The Labute approximate surface area is 129 Å². The van der Waals surface area contributed by atoms with Gasteiger partial charge < -0.3 is 10.2 Å². The predicted molar refractivity (Wildman–Crippen MR) is 89.9 cm³/mol. The van der Waals surface area contributed by atoms with E-state index in [1.807, 2.05) is 0 Å². The molecule has 1 aliphatic carbocycles. The molecule has 1 saturated heterocycles. The number of benzene rings is 1. The van der Waals surface area contributed by atoms with Gasteiger partial charge in [-0.25, -0.2) is 0 Å². The summed E-state index contributed by atoms with van der Waals surface area (Å²) in [7, 11) is 0. The van der Waals surface area contributed by atoms with Crippen LogP contribution in [-0.2, 0) is 6.42 Å². The van der Waals surface area contributed by atoms with Gasteiger partial charge in [0.05, 0.1) is 0 Å². The minimum Gasteiger partial charge on any atom is -0.314 e. The zero-order valence-corrected chi connectivity index (χ0v) is 13.5. The molecule has 1 aromatic rings. The van der Waals surface area contributed by atoms with Gasteiger partial charge in [0.2, 0.25) is 0 Å². The third-order valence-corrected chi connectivity index (χ3v) is 5.24. The molecule has 2 aliphatic rings. The number of aryl methyl sites for hydroxylation is 1. The van der Waals surface area contributed by atoms with Crippen molar-refractivity contribution in [2.45, 2.75) is 57.4 Å². The lowest BCUT2D eigenvalue weighted by Crippen LogP contribution is -2.44. The summed E-state index contributed by atoms with van der Waals surface area (Å²) in [6.07, 6.45) is 7.94. The van der Waals surface area contributed by atoms with Gasteiger partial charge in [-0.1, -0.05) is 31.2 Å². The highest BCUT2D eigenvalue weighted by Gasteiger charge is 2.24. The number of piperidine rings is 1. The van der Waals surface area contributed by atoms with E-state index in [-0.39, 0.29) is 0 Å². The smallest absolute Gasteiger partial charge is 0.00914 e. The molecule has 3 rings (SSSR count). The van der Waals surface area contributed by atoms with Crippen LogP contribution < -0.4 is 5.32 Å². The molecule has 0 spiro atoms. The van der Waals surface area contributed by atoms with E-state index in [0.29, 0.717) is 0 Å². The quantitative estimate of drug-likeness (QED) is 0.890. The average molecular weight is 286 g/mol. The number of nitrogens with zero attached hydrogens (tertiary/aromatic N) is 1. The van der Waals surface area contributed by atoms with Gasteiger partial charge in [-0.3, -0.25) is 0 Å². The molecule has 1 atom stereocenters. The van der Waals surface area contributed by atoms with Crippen LogP contribution in [0, 0.1) is 0 Å². The maximum atomic E-state index is 3.68. The third kappa shape index (κ3) is 3.87. The van der Waals surface area contributed by atoms with Crippen LogP contribution in [0.1, 0.15) is 56.1 Å². The van der Waals surface area contributed by atoms with Crippen molar-refractivity contribution in [1.29, 1.82) is 0 Å². The second-order valence-electron chi connectivity index (χ2n) is 6.82. The second kappa shape index (κ2) is 7.42. The lowest BCUT2D eigenvalue weighted by Gasteiger charge is -2.36. The molecule has 0 bridgehead atoms. The van der Waals surface area contributed by atoms with Crippen LogP contribution in [0.4, 0.5) is 0 Å². The van der Waals surface area contributed by atoms with Gasteiger partial charge in [-0.15, -0.1) is 0 Å². The molecule has 0 radical (unpaired) electrons. The highest BCUT2D eigenvalue weighted by molar-refractivity contribution is 5.32. The molecule has 1 unspecified atom stereocenters. The summed E-state index contributed by atoms with van der Waals surface area (Å²) in [6.45, 7) is 7.26. The Balaban J connectivity index is 1.52. The van der Waals surface area contributed by atoms with Gasteiger partial charge in [-0.2, -0.15) is 0 Å². The Kier molecular flexibility index (Phi) is 5.32. The number of rotatable bonds is 5. The van der Waals surface area contributed by atoms with Crippen molar-refractivity contribution >= 4 is 0 Å². The summed E-state index contributed by atoms with van der Waals surface area (Å²) in [5.74, 6) is 0.773. The zero-order chi connectivity index (χ0) is 14.5. The Morgan fingerprint density at radius 2 is 1.95 bits per heavy atom. The topological polar surface area (TPSA) is 15.3 Å². The molecule has 0 aromatic heterocycles. The average Bonchev–Trinajstić information content (AvgIpc) is 2.55. The van der Waals surface area contributed by atoms with Crippen molar-refractivity contribution in [2.24, 2.45) is 0 Å². The standard InChI is InChI=1S/C19H30N2/c1-2-12-20-18-10-13-21(14-11-18)15-17-8-5-7-16-6-3-4-9-19(16)17/h3-4,6,9,17-18,20H,2,5,7-8,10-15H2,1H3. The second-order valence-corrected chi connectivity index (χ2v) is 6.82. The SMILES string of the molecule is CCCNC1CCN(CC2CCCc3ccccc32)CC1. The molecule has 1 fully saturated rings. The summed E-state index contributed by atoms with van der Waals surface area (Å²) < 4.78 is 0. The fourth-order valence-corrected chi connectivity index (χ4v) is 4.02. The molecule has 1 heterocycles. The van der Waals surface area contributed by atoms with Crippen LogP contribution >= 0.6 is 0 Å². The molecular weight excluding hydrogens is 256 g/mol. The van der Waals surface area contributed by atoms with E-state index in [4.69, 9.17) is 0 Å². The van der Waals surface area contributed by atoms with Crippen LogP contribution in [-0.4, -0.2) is 37.1 Å². The molecule has 116 valence electrons. The number of hydrogen-bond donors (Lipinski definition) is 1. The van der Waals surface area contributed by atoms with Crippen LogP contribution in [0.15, 0.2) is 24.3 Å². The molecule has 2 heteroatoms. The van der Waals surface area contributed by atoms with E-state index in [1.165, 1.54) is 64.7 Å². The monoisotopic (exact) mass is 286 g/mol. The fraction of sp³-hybridized carbons (Fsp3) is 0.684. The van der Waals surface area contributed by atoms with Crippen LogP contribution in [0.2, 0.25) is 0 Å². The van der Waals surface area contributed by atoms with Crippen LogP contribution in [0.5, 0.6) is 0 Å². The number of hydrogen-bond acceptors (Lipinski definition) is 2. The first-order valence-electron chi connectivity index (χ1n) is 8.90. The van der Waals surface area contributed by atoms with E-state index in [1.54, 1.807) is 11.1 Å². The lowest BCUT2D eigenvalue weighted by atomic mass is 9.82. The molecular formula is C19H30N2. The van der Waals surface area contributed by atoms with E-state index >= 15 is 0 Å². The molecule has 1 aromatic carbocycles.